The lowest BCUT2D eigenvalue weighted by atomic mass is 9.82. The summed E-state index contributed by atoms with van der Waals surface area (Å²) in [6.07, 6.45) is 0. The van der Waals surface area contributed by atoms with Crippen molar-refractivity contribution >= 4 is 22.7 Å². The molecule has 0 aliphatic heterocycles. The summed E-state index contributed by atoms with van der Waals surface area (Å²) in [5.41, 5.74) is 29.1. The van der Waals surface area contributed by atoms with Crippen molar-refractivity contribution in [2.24, 2.45) is 0 Å². The highest BCUT2D eigenvalue weighted by atomic mass is 16.5. The molecule has 4 rings (SSSR count). The highest BCUT2D eigenvalue weighted by molar-refractivity contribution is 5.51. The van der Waals surface area contributed by atoms with Gasteiger partial charge in [-0.05, 0) is 84.6 Å². The molecule has 4 aromatic rings. The minimum absolute atomic E-state index is 0.663. The first kappa shape index (κ1) is 22.2. The van der Waals surface area contributed by atoms with E-state index in [-0.39, 0.29) is 0 Å². The molecule has 0 saturated heterocycles. The monoisotopic (exact) mass is 438 g/mol. The second kappa shape index (κ2) is 8.52. The van der Waals surface area contributed by atoms with Crippen molar-refractivity contribution in [1.82, 2.24) is 0 Å². The Kier molecular flexibility index (Phi) is 5.75. The van der Waals surface area contributed by atoms with Crippen LogP contribution < -0.4 is 22.9 Å². The predicted octanol–water partition coefficient (Wildman–Crippen LogP) is 5.26. The lowest BCUT2D eigenvalue weighted by molar-refractivity contribution is -0.106. The molecule has 0 heterocycles. The molecule has 0 bridgehead atoms. The third-order valence-electron chi connectivity index (χ3n) is 6.21. The van der Waals surface area contributed by atoms with E-state index < -0.39 is 11.2 Å². The molecule has 2 atom stereocenters. The molecule has 0 radical (unpaired) electrons. The zero-order chi connectivity index (χ0) is 23.6. The molecule has 2 unspecified atom stereocenters. The number of ether oxygens (including phenoxy) is 1. The van der Waals surface area contributed by atoms with Crippen LogP contribution in [-0.2, 0) is 15.9 Å². The Balaban J connectivity index is 1.94. The molecule has 0 spiro atoms. The minimum Gasteiger partial charge on any atom is -0.399 e. The second-order valence-electron chi connectivity index (χ2n) is 8.66. The van der Waals surface area contributed by atoms with E-state index in [9.17, 15) is 0 Å². The van der Waals surface area contributed by atoms with Crippen LogP contribution in [0, 0.1) is 0 Å². The molecule has 33 heavy (non-hydrogen) atoms. The Morgan fingerprint density at radius 1 is 0.455 bits per heavy atom. The third-order valence-corrected chi connectivity index (χ3v) is 6.21. The van der Waals surface area contributed by atoms with E-state index in [1.165, 1.54) is 0 Å². The SMILES string of the molecule is CC(OC(C)(c1ccc(N)cc1)c1cccc(N)c1)(c1ccc(N)cc1)c1cccc(N)c1. The second-order valence-corrected chi connectivity index (χ2v) is 8.66. The first-order chi connectivity index (χ1) is 15.7. The number of benzene rings is 4. The molecule has 0 saturated carbocycles. The number of rotatable bonds is 6. The van der Waals surface area contributed by atoms with E-state index >= 15 is 0 Å². The lowest BCUT2D eigenvalue weighted by Crippen LogP contribution is -2.39. The van der Waals surface area contributed by atoms with E-state index in [4.69, 9.17) is 27.7 Å². The third kappa shape index (κ3) is 4.36. The molecule has 4 aromatic carbocycles. The molecular weight excluding hydrogens is 408 g/mol. The zero-order valence-corrected chi connectivity index (χ0v) is 19.0. The fourth-order valence-corrected chi connectivity index (χ4v) is 4.25. The van der Waals surface area contributed by atoms with Gasteiger partial charge in [0.05, 0.1) is 0 Å². The van der Waals surface area contributed by atoms with Gasteiger partial charge in [-0.15, -0.1) is 0 Å². The van der Waals surface area contributed by atoms with E-state index in [2.05, 4.69) is 13.8 Å². The summed E-state index contributed by atoms with van der Waals surface area (Å²) in [7, 11) is 0. The van der Waals surface area contributed by atoms with Gasteiger partial charge in [-0.3, -0.25) is 0 Å². The number of hydrogen-bond donors (Lipinski definition) is 4. The Morgan fingerprint density at radius 2 is 0.818 bits per heavy atom. The van der Waals surface area contributed by atoms with Gasteiger partial charge in [0.2, 0.25) is 0 Å². The fourth-order valence-electron chi connectivity index (χ4n) is 4.25. The van der Waals surface area contributed by atoms with Crippen molar-refractivity contribution in [1.29, 1.82) is 0 Å². The largest absolute Gasteiger partial charge is 0.399 e. The predicted molar refractivity (Wildman–Crippen MR) is 137 cm³/mol. The highest BCUT2D eigenvalue weighted by Gasteiger charge is 2.41. The summed E-state index contributed by atoms with van der Waals surface area (Å²) in [6, 6.07) is 31.0. The molecule has 0 aromatic heterocycles. The first-order valence-corrected chi connectivity index (χ1v) is 10.8. The normalized spacial score (nSPS) is 14.8. The lowest BCUT2D eigenvalue weighted by Gasteiger charge is -2.42. The van der Waals surface area contributed by atoms with Crippen LogP contribution in [0.15, 0.2) is 97.1 Å². The zero-order valence-electron chi connectivity index (χ0n) is 19.0. The molecule has 0 fully saturated rings. The quantitative estimate of drug-likeness (QED) is 0.307. The van der Waals surface area contributed by atoms with Crippen LogP contribution in [0.25, 0.3) is 0 Å². The number of anilines is 4. The van der Waals surface area contributed by atoms with Crippen molar-refractivity contribution in [2.75, 3.05) is 22.9 Å². The van der Waals surface area contributed by atoms with Crippen molar-refractivity contribution in [3.63, 3.8) is 0 Å². The van der Waals surface area contributed by atoms with E-state index in [0.29, 0.717) is 22.7 Å². The average molecular weight is 439 g/mol. The van der Waals surface area contributed by atoms with Crippen molar-refractivity contribution < 1.29 is 4.74 Å². The standard InChI is InChI=1S/C28H30N4O/c1-27(19-9-13-23(29)14-10-19,21-5-3-7-25(31)17-21)33-28(2,20-11-15-24(30)16-12-20)22-6-4-8-26(32)18-22/h3-18H,29-32H2,1-2H3. The van der Waals surface area contributed by atoms with Crippen LogP contribution in [-0.4, -0.2) is 0 Å². The van der Waals surface area contributed by atoms with Crippen molar-refractivity contribution in [2.45, 2.75) is 25.0 Å². The van der Waals surface area contributed by atoms with Crippen LogP contribution >= 0.6 is 0 Å². The van der Waals surface area contributed by atoms with E-state index in [1.807, 2.05) is 97.1 Å². The van der Waals surface area contributed by atoms with Crippen LogP contribution in [0.3, 0.4) is 0 Å². The van der Waals surface area contributed by atoms with E-state index in [0.717, 1.165) is 22.3 Å². The maximum atomic E-state index is 7.17. The summed E-state index contributed by atoms with van der Waals surface area (Å²) in [5.74, 6) is 0. The highest BCUT2D eigenvalue weighted by Crippen LogP contribution is 2.45. The number of nitrogens with two attached hydrogens (primary N) is 4. The van der Waals surface area contributed by atoms with Gasteiger partial charge in [-0.1, -0.05) is 48.5 Å². The Hall–Kier alpha value is -3.96. The van der Waals surface area contributed by atoms with Gasteiger partial charge in [0.1, 0.15) is 11.2 Å². The van der Waals surface area contributed by atoms with Gasteiger partial charge in [0.25, 0.3) is 0 Å². The maximum absolute atomic E-state index is 7.17. The van der Waals surface area contributed by atoms with Gasteiger partial charge in [0, 0.05) is 22.7 Å². The van der Waals surface area contributed by atoms with Gasteiger partial charge in [-0.2, -0.15) is 0 Å². The van der Waals surface area contributed by atoms with E-state index in [1.54, 1.807) is 0 Å². The van der Waals surface area contributed by atoms with Crippen molar-refractivity contribution in [3.05, 3.63) is 119 Å². The average Bonchev–Trinajstić information content (AvgIpc) is 2.80. The molecule has 8 N–H and O–H groups in total. The van der Waals surface area contributed by atoms with Crippen LogP contribution in [0.2, 0.25) is 0 Å². The number of nitrogen functional groups attached to an aromatic ring is 4. The van der Waals surface area contributed by atoms with Crippen LogP contribution in [0.1, 0.15) is 36.1 Å². The van der Waals surface area contributed by atoms with Crippen LogP contribution in [0.5, 0.6) is 0 Å². The van der Waals surface area contributed by atoms with Gasteiger partial charge < -0.3 is 27.7 Å². The van der Waals surface area contributed by atoms with Gasteiger partial charge in [0.15, 0.2) is 0 Å². The molecule has 5 heteroatoms. The molecule has 0 aliphatic rings. The summed E-state index contributed by atoms with van der Waals surface area (Å²) in [4.78, 5) is 0. The Labute approximate surface area is 195 Å². The molecular formula is C28H30N4O. The summed E-state index contributed by atoms with van der Waals surface area (Å²) in [6.45, 7) is 4.10. The summed E-state index contributed by atoms with van der Waals surface area (Å²) < 4.78 is 7.17. The Morgan fingerprint density at radius 3 is 1.15 bits per heavy atom. The molecule has 168 valence electrons. The molecule has 0 aliphatic carbocycles. The maximum Gasteiger partial charge on any atom is 0.117 e. The number of hydrogen-bond acceptors (Lipinski definition) is 5. The van der Waals surface area contributed by atoms with Crippen LogP contribution in [0.4, 0.5) is 22.7 Å². The Bertz CT molecular complexity index is 1150. The van der Waals surface area contributed by atoms with Crippen molar-refractivity contribution in [3.8, 4) is 0 Å². The summed E-state index contributed by atoms with van der Waals surface area (Å²) in [5, 5.41) is 0. The topological polar surface area (TPSA) is 113 Å². The van der Waals surface area contributed by atoms with Gasteiger partial charge in [-0.25, -0.2) is 0 Å². The summed E-state index contributed by atoms with van der Waals surface area (Å²) >= 11 is 0. The molecule has 5 nitrogen and oxygen atoms in total. The fraction of sp³-hybridized carbons (Fsp3) is 0.143. The minimum atomic E-state index is -0.857. The first-order valence-electron chi connectivity index (χ1n) is 10.8. The molecule has 0 amide bonds. The smallest absolute Gasteiger partial charge is 0.117 e. The van der Waals surface area contributed by atoms with Gasteiger partial charge >= 0.3 is 0 Å².